The molecule has 0 radical (unpaired) electrons. The van der Waals surface area contributed by atoms with Gasteiger partial charge in [0.05, 0.1) is 5.69 Å². The number of anilines is 1. The molecule has 3 heterocycles. The predicted molar refractivity (Wildman–Crippen MR) is 82.1 cm³/mol. The molecule has 0 unspecified atom stereocenters. The Kier molecular flexibility index (Phi) is 3.21. The summed E-state index contributed by atoms with van der Waals surface area (Å²) in [7, 11) is 0. The second-order valence-corrected chi connectivity index (χ2v) is 4.97. The Morgan fingerprint density at radius 3 is 2.75 bits per heavy atom. The number of nitrogens with zero attached hydrogens (tertiary/aromatic N) is 4. The molecule has 0 bridgehead atoms. The van der Waals surface area contributed by atoms with Crippen LogP contribution in [0.25, 0.3) is 28.2 Å². The summed E-state index contributed by atoms with van der Waals surface area (Å²) in [6.45, 7) is 0. The minimum atomic E-state index is -0.744. The van der Waals surface area contributed by atoms with Crippen LogP contribution in [0, 0.1) is 11.6 Å². The molecule has 0 saturated carbocycles. The van der Waals surface area contributed by atoms with Crippen LogP contribution < -0.4 is 11.3 Å². The van der Waals surface area contributed by atoms with Crippen molar-refractivity contribution in [2.24, 2.45) is 5.84 Å². The van der Waals surface area contributed by atoms with Crippen LogP contribution in [0.4, 0.5) is 14.6 Å². The van der Waals surface area contributed by atoms with E-state index in [2.05, 4.69) is 20.6 Å². The number of pyridine rings is 1. The van der Waals surface area contributed by atoms with Crippen molar-refractivity contribution in [1.29, 1.82) is 0 Å². The second kappa shape index (κ2) is 5.39. The third-order valence-corrected chi connectivity index (χ3v) is 3.50. The summed E-state index contributed by atoms with van der Waals surface area (Å²) in [6.07, 6.45) is 2.88. The molecule has 24 heavy (non-hydrogen) atoms. The monoisotopic (exact) mass is 328 g/mol. The number of fused-ring (bicyclic) bond motifs is 1. The Labute approximate surface area is 133 Å². The average Bonchev–Trinajstić information content (AvgIpc) is 3.16. The van der Waals surface area contributed by atoms with Crippen molar-refractivity contribution in [2.45, 2.75) is 0 Å². The Balaban J connectivity index is 1.97. The molecule has 0 aliphatic heterocycles. The molecule has 3 aromatic heterocycles. The molecule has 9 heteroatoms. The van der Waals surface area contributed by atoms with Gasteiger partial charge in [-0.1, -0.05) is 5.16 Å². The Morgan fingerprint density at radius 1 is 1.17 bits per heavy atom. The molecule has 4 aromatic rings. The molecule has 0 atom stereocenters. The number of hydrogen-bond acceptors (Lipinski definition) is 6. The van der Waals surface area contributed by atoms with E-state index in [0.29, 0.717) is 28.4 Å². The van der Waals surface area contributed by atoms with Gasteiger partial charge in [-0.3, -0.25) is 4.57 Å². The molecule has 0 amide bonds. The number of nitrogens with two attached hydrogens (primary N) is 1. The largest absolute Gasteiger partial charge is 0.360 e. The van der Waals surface area contributed by atoms with Gasteiger partial charge in [0, 0.05) is 17.8 Å². The smallest absolute Gasteiger partial charge is 0.208 e. The summed E-state index contributed by atoms with van der Waals surface area (Å²) in [6, 6.07) is 6.64. The van der Waals surface area contributed by atoms with Crippen molar-refractivity contribution >= 4 is 17.0 Å². The summed E-state index contributed by atoms with van der Waals surface area (Å²) >= 11 is 0. The number of nitrogens with one attached hydrogen (secondary N) is 1. The summed E-state index contributed by atoms with van der Waals surface area (Å²) in [5.74, 6) is 4.74. The first-order valence-electron chi connectivity index (χ1n) is 6.88. The summed E-state index contributed by atoms with van der Waals surface area (Å²) < 4.78 is 33.8. The second-order valence-electron chi connectivity index (χ2n) is 4.97. The van der Waals surface area contributed by atoms with Crippen LogP contribution >= 0.6 is 0 Å². The molecule has 0 spiro atoms. The Morgan fingerprint density at radius 2 is 2.04 bits per heavy atom. The van der Waals surface area contributed by atoms with E-state index in [-0.39, 0.29) is 5.69 Å². The van der Waals surface area contributed by atoms with Crippen LogP contribution in [-0.4, -0.2) is 19.7 Å². The minimum Gasteiger partial charge on any atom is -0.360 e. The van der Waals surface area contributed by atoms with Gasteiger partial charge < -0.3 is 9.95 Å². The van der Waals surface area contributed by atoms with E-state index in [9.17, 15) is 8.78 Å². The molecule has 0 aliphatic rings. The van der Waals surface area contributed by atoms with Crippen LogP contribution in [0.2, 0.25) is 0 Å². The lowest BCUT2D eigenvalue weighted by molar-refractivity contribution is 0.424. The first-order valence-corrected chi connectivity index (χ1v) is 6.88. The summed E-state index contributed by atoms with van der Waals surface area (Å²) in [5.41, 5.74) is 3.89. The number of imidazole rings is 1. The molecule has 4 rings (SSSR count). The Hall–Kier alpha value is -3.33. The van der Waals surface area contributed by atoms with Crippen LogP contribution in [0.15, 0.2) is 47.3 Å². The summed E-state index contributed by atoms with van der Waals surface area (Å²) in [4.78, 5) is 8.51. The molecular weight excluding hydrogens is 318 g/mol. The molecule has 1 aromatic carbocycles. The van der Waals surface area contributed by atoms with E-state index in [1.165, 1.54) is 23.1 Å². The number of benzene rings is 1. The quantitative estimate of drug-likeness (QED) is 0.443. The maximum Gasteiger partial charge on any atom is 0.208 e. The number of aromatic nitrogens is 4. The van der Waals surface area contributed by atoms with Crippen molar-refractivity contribution in [3.8, 4) is 17.1 Å². The van der Waals surface area contributed by atoms with E-state index in [1.807, 2.05) is 0 Å². The van der Waals surface area contributed by atoms with E-state index >= 15 is 0 Å². The maximum absolute atomic E-state index is 14.3. The normalized spacial score (nSPS) is 11.1. The van der Waals surface area contributed by atoms with Crippen molar-refractivity contribution in [2.75, 3.05) is 5.43 Å². The fourth-order valence-electron chi connectivity index (χ4n) is 2.42. The topological polar surface area (TPSA) is 94.8 Å². The van der Waals surface area contributed by atoms with Gasteiger partial charge >= 0.3 is 0 Å². The van der Waals surface area contributed by atoms with E-state index in [0.717, 1.165) is 12.1 Å². The van der Waals surface area contributed by atoms with Crippen molar-refractivity contribution in [3.63, 3.8) is 0 Å². The van der Waals surface area contributed by atoms with E-state index < -0.39 is 11.6 Å². The van der Waals surface area contributed by atoms with Crippen LogP contribution in [0.3, 0.4) is 0 Å². The van der Waals surface area contributed by atoms with Gasteiger partial charge in [-0.25, -0.2) is 24.6 Å². The molecule has 0 aliphatic carbocycles. The SMILES string of the molecule is NNc1ccc(-c2nc3conc3n2-c2ccc(F)cc2F)cn1. The molecule has 3 N–H and O–H groups in total. The number of hydrazine groups is 1. The van der Waals surface area contributed by atoms with Gasteiger partial charge in [-0.05, 0) is 24.3 Å². The van der Waals surface area contributed by atoms with Crippen molar-refractivity contribution < 1.29 is 13.3 Å². The molecule has 120 valence electrons. The molecule has 7 nitrogen and oxygen atoms in total. The van der Waals surface area contributed by atoms with Gasteiger partial charge in [-0.15, -0.1) is 0 Å². The van der Waals surface area contributed by atoms with Crippen LogP contribution in [-0.2, 0) is 0 Å². The number of nitrogen functional groups attached to an aromatic ring is 1. The number of rotatable bonds is 3. The first kappa shape index (κ1) is 14.3. The van der Waals surface area contributed by atoms with Crippen molar-refractivity contribution in [3.05, 3.63) is 54.4 Å². The van der Waals surface area contributed by atoms with Crippen molar-refractivity contribution in [1.82, 2.24) is 19.7 Å². The highest BCUT2D eigenvalue weighted by molar-refractivity contribution is 5.79. The third kappa shape index (κ3) is 2.18. The fraction of sp³-hybridized carbons (Fsp3) is 0. The minimum absolute atomic E-state index is 0.101. The van der Waals surface area contributed by atoms with Gasteiger partial charge in [0.1, 0.15) is 28.8 Å². The highest BCUT2D eigenvalue weighted by Gasteiger charge is 2.20. The van der Waals surface area contributed by atoms with Gasteiger partial charge in [0.25, 0.3) is 0 Å². The fourth-order valence-corrected chi connectivity index (χ4v) is 2.42. The first-order chi connectivity index (χ1) is 11.7. The van der Waals surface area contributed by atoms with Crippen LogP contribution in [0.1, 0.15) is 0 Å². The lowest BCUT2D eigenvalue weighted by atomic mass is 10.2. The molecule has 0 fully saturated rings. The van der Waals surface area contributed by atoms with Gasteiger partial charge in [0.2, 0.25) is 5.65 Å². The zero-order valence-corrected chi connectivity index (χ0v) is 12.1. The predicted octanol–water partition coefficient (Wildman–Crippen LogP) is 2.64. The number of hydrogen-bond donors (Lipinski definition) is 2. The highest BCUT2D eigenvalue weighted by atomic mass is 19.1. The highest BCUT2D eigenvalue weighted by Crippen LogP contribution is 2.29. The average molecular weight is 328 g/mol. The van der Waals surface area contributed by atoms with E-state index in [1.54, 1.807) is 12.1 Å². The Bertz CT molecular complexity index is 1020. The zero-order chi connectivity index (χ0) is 16.7. The molecule has 0 saturated heterocycles. The summed E-state index contributed by atoms with van der Waals surface area (Å²) in [5, 5.41) is 3.85. The zero-order valence-electron chi connectivity index (χ0n) is 12.1. The third-order valence-electron chi connectivity index (χ3n) is 3.50. The van der Waals surface area contributed by atoms with Crippen LogP contribution in [0.5, 0.6) is 0 Å². The van der Waals surface area contributed by atoms with Gasteiger partial charge in [0.15, 0.2) is 6.26 Å². The standard InChI is InChI=1S/C15H10F2N6O/c16-9-2-3-12(10(17)5-9)23-14(20-11-7-24-22-15(11)23)8-1-4-13(21-18)19-6-8/h1-7H,18H2,(H,19,21). The lowest BCUT2D eigenvalue weighted by Gasteiger charge is -2.09. The maximum atomic E-state index is 14.3. The van der Waals surface area contributed by atoms with Gasteiger partial charge in [-0.2, -0.15) is 0 Å². The lowest BCUT2D eigenvalue weighted by Crippen LogP contribution is -2.08. The number of halogens is 2. The molecular formula is C15H10F2N6O. The van der Waals surface area contributed by atoms with E-state index in [4.69, 9.17) is 10.4 Å².